The summed E-state index contributed by atoms with van der Waals surface area (Å²) >= 11 is 0. The maximum Gasteiger partial charge on any atom is 0.311 e. The minimum Gasteiger partial charge on any atom is -0.461 e. The Morgan fingerprint density at radius 2 is 1.48 bits per heavy atom. The molecular weight excluding hydrogens is 1010 g/mol. The van der Waals surface area contributed by atoms with Crippen molar-refractivity contribution in [1.82, 2.24) is 10.2 Å². The van der Waals surface area contributed by atoms with Crippen LogP contribution in [0.15, 0.2) is 5.16 Å². The van der Waals surface area contributed by atoms with E-state index in [0.717, 1.165) is 0 Å². The molecule has 1 unspecified atom stereocenters. The summed E-state index contributed by atoms with van der Waals surface area (Å²) in [5.74, 6) is -8.23. The average Bonchev–Trinajstić information content (AvgIpc) is 3.48. The molecule has 22 nitrogen and oxygen atoms in total. The third kappa shape index (κ3) is 17.8. The summed E-state index contributed by atoms with van der Waals surface area (Å²) in [6, 6.07) is -0.110. The first-order valence-electron chi connectivity index (χ1n) is 27.6. The lowest BCUT2D eigenvalue weighted by Crippen LogP contribution is -2.59. The van der Waals surface area contributed by atoms with E-state index in [2.05, 4.69) is 15.4 Å². The minimum atomic E-state index is -1.87. The fourth-order valence-corrected chi connectivity index (χ4v) is 11.7. The number of cyclic esters (lactones) is 1. The van der Waals surface area contributed by atoms with Crippen LogP contribution < -0.4 is 5.32 Å². The van der Waals surface area contributed by atoms with Crippen LogP contribution in [0.25, 0.3) is 0 Å². The molecule has 1 amide bonds. The second kappa shape index (κ2) is 29.9. The minimum absolute atomic E-state index is 0.0125. The zero-order valence-corrected chi connectivity index (χ0v) is 49.1. The predicted octanol–water partition coefficient (Wildman–Crippen LogP) is 4.35. The van der Waals surface area contributed by atoms with Gasteiger partial charge in [-0.05, 0) is 59.8 Å². The molecule has 0 aromatic heterocycles. The third-order valence-corrected chi connectivity index (χ3v) is 15.6. The van der Waals surface area contributed by atoms with Gasteiger partial charge in [0.15, 0.2) is 30.3 Å². The Morgan fingerprint density at radius 1 is 0.818 bits per heavy atom. The van der Waals surface area contributed by atoms with Gasteiger partial charge in [0.05, 0.1) is 54.7 Å². The second-order valence-electron chi connectivity index (χ2n) is 22.9. The summed E-state index contributed by atoms with van der Waals surface area (Å²) in [5.41, 5.74) is -1.59. The summed E-state index contributed by atoms with van der Waals surface area (Å²) < 4.78 is 69.8. The largest absolute Gasteiger partial charge is 0.461 e. The number of amides is 1. The number of hydrogen-bond acceptors (Lipinski definition) is 21. The van der Waals surface area contributed by atoms with Gasteiger partial charge in [-0.1, -0.05) is 53.6 Å². The number of nitrogens with zero attached hydrogens (tertiary/aromatic N) is 2. The molecule has 4 aliphatic heterocycles. The van der Waals surface area contributed by atoms with E-state index < -0.39 is 145 Å². The van der Waals surface area contributed by atoms with Gasteiger partial charge in [-0.15, -0.1) is 0 Å². The maximum atomic E-state index is 15.5. The molecule has 0 radical (unpaired) electrons. The second-order valence-corrected chi connectivity index (χ2v) is 22.9. The Kier molecular flexibility index (Phi) is 25.6. The molecule has 4 fully saturated rings. The first-order chi connectivity index (χ1) is 36.1. The lowest BCUT2D eigenvalue weighted by molar-refractivity contribution is -0.305. The Hall–Kier alpha value is -3.42. The smallest absolute Gasteiger partial charge is 0.311 e. The van der Waals surface area contributed by atoms with Crippen molar-refractivity contribution in [3.05, 3.63) is 0 Å². The van der Waals surface area contributed by atoms with E-state index in [4.69, 9.17) is 56.9 Å². The molecule has 3 N–H and O–H groups in total. The van der Waals surface area contributed by atoms with Gasteiger partial charge < -0.3 is 72.5 Å². The Morgan fingerprint density at radius 3 is 2.08 bits per heavy atom. The topological polar surface area (TPSA) is 264 Å². The van der Waals surface area contributed by atoms with Crippen molar-refractivity contribution in [1.29, 1.82) is 0 Å². The number of oxime groups is 1. The van der Waals surface area contributed by atoms with Crippen molar-refractivity contribution < 1.29 is 91.1 Å². The molecule has 22 heteroatoms. The molecule has 4 rings (SSSR count). The molecule has 77 heavy (non-hydrogen) atoms. The van der Waals surface area contributed by atoms with Gasteiger partial charge in [0.1, 0.15) is 43.7 Å². The van der Waals surface area contributed by atoms with Crippen LogP contribution in [0.1, 0.15) is 130 Å². The lowest BCUT2D eigenvalue weighted by atomic mass is 9.74. The van der Waals surface area contributed by atoms with E-state index in [1.807, 2.05) is 41.5 Å². The molecule has 0 aromatic rings. The molecule has 4 saturated heterocycles. The van der Waals surface area contributed by atoms with Crippen LogP contribution in [0.4, 0.5) is 0 Å². The molecule has 444 valence electrons. The first-order valence-corrected chi connectivity index (χ1v) is 27.6. The highest BCUT2D eigenvalue weighted by Crippen LogP contribution is 2.40. The number of aliphatic hydroxyl groups excluding tert-OH is 2. The average molecular weight is 1100 g/mol. The summed E-state index contributed by atoms with van der Waals surface area (Å²) in [6.07, 6.45) is -12.9. The van der Waals surface area contributed by atoms with Crippen molar-refractivity contribution in [3.8, 4) is 0 Å². The van der Waals surface area contributed by atoms with Crippen molar-refractivity contribution in [2.45, 2.75) is 227 Å². The maximum absolute atomic E-state index is 15.5. The third-order valence-electron chi connectivity index (χ3n) is 15.6. The molecule has 4 aliphatic rings. The van der Waals surface area contributed by atoms with E-state index >= 15 is 9.59 Å². The van der Waals surface area contributed by atoms with E-state index in [0.29, 0.717) is 26.1 Å². The number of hydrogen-bond donors (Lipinski definition) is 3. The van der Waals surface area contributed by atoms with Crippen molar-refractivity contribution in [3.63, 3.8) is 0 Å². The van der Waals surface area contributed by atoms with Gasteiger partial charge in [-0.3, -0.25) is 28.9 Å². The zero-order valence-electron chi connectivity index (χ0n) is 49.1. The highest BCUT2D eigenvalue weighted by Gasteiger charge is 2.52. The monoisotopic (exact) mass is 1100 g/mol. The number of esters is 3. The van der Waals surface area contributed by atoms with Gasteiger partial charge in [-0.2, -0.15) is 0 Å². The van der Waals surface area contributed by atoms with Gasteiger partial charge in [0.2, 0.25) is 5.91 Å². The van der Waals surface area contributed by atoms with Crippen molar-refractivity contribution in [2.75, 3.05) is 47.6 Å². The quantitative estimate of drug-likeness (QED) is 0.0979. The van der Waals surface area contributed by atoms with Gasteiger partial charge in [0, 0.05) is 90.8 Å². The predicted molar refractivity (Wildman–Crippen MR) is 280 cm³/mol. The molecule has 0 saturated carbocycles. The van der Waals surface area contributed by atoms with Crippen LogP contribution in [0.2, 0.25) is 0 Å². The standard InChI is InChI=1S/C55H95N3O19/c1-27(2)21-41(61)73-47-34(9)46(29(4)26-69-54-50(67-17)49(66-16)43(62)37(12)72-54)75-52(65)36(11)48(74-42-22-30(5)58(25-32(7)70-42)20-19-56-38(13)59)33(8)45(76-53-44(63)40(57-68-18)23-31(6)71-53)28(3)24-55(15,77-39(14)60)51(64)35(47)10/h27-37,42-50,53-54,62-63H,19-26H2,1-18H3,(H,56,59)/b57-40+/t28-,29-,30?,31+,32-,33+,34-,35+,36+,37+,42-,43+,44+,45-,46+,47+,48-,49+,50+,53-,54+,55-/m0/s1. The fraction of sp³-hybridized carbons (Fsp3) is 0.891. The SMILES string of the molecule is CO/N=C1\C[C@@H](C)O[C@@H](O[C@@H]2[C@@H](C)[C@H](O[C@H]3CC(C)N(CCNC(C)=O)C[C@H](C)O3)[C@@H](C)C(=O)O[C@H]([C@@H](C)CO[C@@H]3O[C@H](C)[C@@H](O)[C@@H](OC)[C@H]3OC)[C@H](C)[C@@H](OC(=O)CC(C)C)[C@@H](C)C(=O)[C@@](C)(OC(C)=O)C[C@@H]2C)[C@@H]1O. The van der Waals surface area contributed by atoms with E-state index in [1.54, 1.807) is 41.5 Å². The van der Waals surface area contributed by atoms with Gasteiger partial charge in [-0.25, -0.2) is 0 Å². The van der Waals surface area contributed by atoms with Crippen LogP contribution in [0.3, 0.4) is 0 Å². The van der Waals surface area contributed by atoms with Crippen molar-refractivity contribution in [2.24, 2.45) is 46.6 Å². The van der Waals surface area contributed by atoms with Gasteiger partial charge >= 0.3 is 17.9 Å². The highest BCUT2D eigenvalue weighted by atomic mass is 16.7. The van der Waals surface area contributed by atoms with E-state index in [9.17, 15) is 24.6 Å². The van der Waals surface area contributed by atoms with Crippen molar-refractivity contribution >= 4 is 35.3 Å². The van der Waals surface area contributed by atoms with E-state index in [-0.39, 0.29) is 55.6 Å². The Balaban J connectivity index is 1.94. The van der Waals surface area contributed by atoms with Crippen LogP contribution in [-0.4, -0.2) is 196 Å². The van der Waals surface area contributed by atoms with Gasteiger partial charge in [0.25, 0.3) is 0 Å². The van der Waals surface area contributed by atoms with Crippen LogP contribution >= 0.6 is 0 Å². The number of carbonyl (C=O) groups is 5. The number of Topliss-reactive ketones (excluding diaryl/α,β-unsaturated/α-hetero) is 1. The van der Waals surface area contributed by atoms with Crippen LogP contribution in [0.5, 0.6) is 0 Å². The highest BCUT2D eigenvalue weighted by molar-refractivity contribution is 5.91. The number of carbonyl (C=O) groups excluding carboxylic acids is 5. The normalized spacial score (nSPS) is 40.2. The lowest BCUT2D eigenvalue weighted by Gasteiger charge is -2.45. The molecule has 0 aromatic carbocycles. The number of ether oxygens (including phenoxy) is 11. The molecular formula is C55H95N3O19. The number of ketones is 1. The molecule has 0 spiro atoms. The summed E-state index contributed by atoms with van der Waals surface area (Å²) in [7, 11) is 4.27. The molecule has 0 bridgehead atoms. The van der Waals surface area contributed by atoms with E-state index in [1.165, 1.54) is 42.1 Å². The Bertz CT molecular complexity index is 1940. The fourth-order valence-electron chi connectivity index (χ4n) is 11.7. The summed E-state index contributed by atoms with van der Waals surface area (Å²) in [5, 5.41) is 29.6. The van der Waals surface area contributed by atoms with Crippen LogP contribution in [0, 0.1) is 41.4 Å². The summed E-state index contributed by atoms with van der Waals surface area (Å²) in [4.78, 5) is 77.0. The molecule has 22 atom stereocenters. The zero-order chi connectivity index (χ0) is 57.8. The number of aliphatic hydroxyl groups is 2. The Labute approximate surface area is 456 Å². The summed E-state index contributed by atoms with van der Waals surface area (Å²) in [6.45, 7) is 27.2. The number of nitrogens with one attached hydrogen (secondary N) is 1. The number of methoxy groups -OCH3 is 2. The molecule has 4 heterocycles. The first kappa shape index (κ1) is 66.1. The van der Waals surface area contributed by atoms with Crippen LogP contribution in [-0.2, 0) is 80.9 Å². The number of rotatable bonds is 18. The molecule has 0 aliphatic carbocycles.